The first-order valence-corrected chi connectivity index (χ1v) is 14.4. The number of hydrogen-bond acceptors (Lipinski definition) is 6. The topological polar surface area (TPSA) is 79.8 Å². The lowest BCUT2D eigenvalue weighted by atomic mass is 9.98. The Morgan fingerprint density at radius 2 is 1.89 bits per heavy atom. The minimum Gasteiger partial charge on any atom is -0.376 e. The molecule has 1 aromatic heterocycles. The fourth-order valence-corrected chi connectivity index (χ4v) is 7.61. The summed E-state index contributed by atoms with van der Waals surface area (Å²) in [5, 5.41) is 0.668. The molecule has 3 aromatic rings. The number of rotatable bonds is 6. The summed E-state index contributed by atoms with van der Waals surface area (Å²) in [6.45, 7) is 5.84. The van der Waals surface area contributed by atoms with E-state index in [1.165, 1.54) is 15.6 Å². The third kappa shape index (κ3) is 4.87. The zero-order chi connectivity index (χ0) is 24.6. The minimum atomic E-state index is -3.65. The Balaban J connectivity index is 1.44. The fraction of sp³-hybridized carbons (Fsp3) is 0.462. The monoisotopic (exact) mass is 513 g/mol. The normalized spacial score (nSPS) is 21.4. The second-order valence-electron chi connectivity index (χ2n) is 9.47. The molecule has 0 bridgehead atoms. The smallest absolute Gasteiger partial charge is 0.243 e. The van der Waals surface area contributed by atoms with Gasteiger partial charge < -0.3 is 4.74 Å². The van der Waals surface area contributed by atoms with E-state index in [4.69, 9.17) is 9.72 Å². The van der Waals surface area contributed by atoms with Gasteiger partial charge in [0.1, 0.15) is 0 Å². The maximum Gasteiger partial charge on any atom is 0.243 e. The van der Waals surface area contributed by atoms with Crippen LogP contribution in [0.15, 0.2) is 47.4 Å². The van der Waals surface area contributed by atoms with Gasteiger partial charge in [-0.3, -0.25) is 9.69 Å². The summed E-state index contributed by atoms with van der Waals surface area (Å²) < 4.78 is 34.9. The van der Waals surface area contributed by atoms with Crippen molar-refractivity contribution < 1.29 is 17.9 Å². The third-order valence-corrected chi connectivity index (χ3v) is 10.0. The number of ether oxygens (including phenoxy) is 1. The van der Waals surface area contributed by atoms with Crippen molar-refractivity contribution in [1.29, 1.82) is 0 Å². The molecular weight excluding hydrogens is 482 g/mol. The van der Waals surface area contributed by atoms with Gasteiger partial charge in [-0.1, -0.05) is 41.7 Å². The number of piperidine rings is 1. The van der Waals surface area contributed by atoms with Crippen LogP contribution >= 0.6 is 11.3 Å². The Kier molecular flexibility index (Phi) is 6.94. The molecule has 0 spiro atoms. The van der Waals surface area contributed by atoms with Crippen LogP contribution in [-0.2, 0) is 19.6 Å². The van der Waals surface area contributed by atoms with E-state index in [0.717, 1.165) is 34.2 Å². The van der Waals surface area contributed by atoms with Crippen LogP contribution in [0.5, 0.6) is 0 Å². The molecule has 0 N–H and O–H groups in total. The highest BCUT2D eigenvalue weighted by Gasteiger charge is 2.37. The number of aromatic nitrogens is 1. The van der Waals surface area contributed by atoms with Gasteiger partial charge in [-0.25, -0.2) is 13.4 Å². The highest BCUT2D eigenvalue weighted by atomic mass is 32.2. The summed E-state index contributed by atoms with van der Waals surface area (Å²) in [7, 11) is -3.65. The maximum atomic E-state index is 14.0. The summed E-state index contributed by atoms with van der Waals surface area (Å²) in [6, 6.07) is 12.6. The van der Waals surface area contributed by atoms with Crippen molar-refractivity contribution in [2.45, 2.75) is 50.5 Å². The van der Waals surface area contributed by atoms with Crippen molar-refractivity contribution in [1.82, 2.24) is 9.29 Å². The number of thiazole rings is 1. The van der Waals surface area contributed by atoms with Crippen molar-refractivity contribution >= 4 is 42.6 Å². The summed E-state index contributed by atoms with van der Waals surface area (Å²) in [5.41, 5.74) is 3.14. The van der Waals surface area contributed by atoms with Crippen LogP contribution < -0.4 is 4.90 Å². The van der Waals surface area contributed by atoms with Crippen LogP contribution in [-0.4, -0.2) is 56.0 Å². The molecule has 1 amide bonds. The van der Waals surface area contributed by atoms with E-state index in [1.54, 1.807) is 35.2 Å². The van der Waals surface area contributed by atoms with Crippen LogP contribution in [0.25, 0.3) is 10.2 Å². The molecule has 3 heterocycles. The van der Waals surface area contributed by atoms with Gasteiger partial charge in [0, 0.05) is 19.7 Å². The van der Waals surface area contributed by atoms with E-state index in [-0.39, 0.29) is 23.5 Å². The van der Waals surface area contributed by atoms with Crippen LogP contribution in [0.3, 0.4) is 0 Å². The average molecular weight is 514 g/mol. The lowest BCUT2D eigenvalue weighted by Gasteiger charge is -2.34. The Morgan fingerprint density at radius 3 is 2.60 bits per heavy atom. The number of amides is 1. The second kappa shape index (κ2) is 9.97. The standard InChI is InChI=1S/C26H31N3O4S2/c1-18-12-13-19(2)24-23(18)27-26(34-24)29(17-21-9-7-15-33-21)25(30)20-8-6-14-28(16-20)35(31,32)22-10-4-3-5-11-22/h3-5,10-13,20-21H,6-9,14-17H2,1-2H3. The molecule has 0 saturated carbocycles. The van der Waals surface area contributed by atoms with Gasteiger partial charge in [-0.15, -0.1) is 0 Å². The van der Waals surface area contributed by atoms with E-state index >= 15 is 0 Å². The zero-order valence-corrected chi connectivity index (χ0v) is 21.8. The molecule has 5 rings (SSSR count). The summed E-state index contributed by atoms with van der Waals surface area (Å²) in [6.07, 6.45) is 3.17. The average Bonchev–Trinajstić information content (AvgIpc) is 3.56. The molecule has 2 fully saturated rings. The molecular formula is C26H31N3O4S2. The van der Waals surface area contributed by atoms with Crippen molar-refractivity contribution in [2.24, 2.45) is 5.92 Å². The lowest BCUT2D eigenvalue weighted by Crippen LogP contribution is -2.48. The number of anilines is 1. The van der Waals surface area contributed by atoms with Gasteiger partial charge >= 0.3 is 0 Å². The Morgan fingerprint density at radius 1 is 1.11 bits per heavy atom. The van der Waals surface area contributed by atoms with E-state index in [1.807, 2.05) is 6.92 Å². The predicted octanol–water partition coefficient (Wildman–Crippen LogP) is 4.53. The van der Waals surface area contributed by atoms with E-state index in [0.29, 0.717) is 37.7 Å². The molecule has 7 nitrogen and oxygen atoms in total. The van der Waals surface area contributed by atoms with E-state index < -0.39 is 15.9 Å². The number of sulfonamides is 1. The lowest BCUT2D eigenvalue weighted by molar-refractivity contribution is -0.123. The molecule has 2 aliphatic heterocycles. The molecule has 2 saturated heterocycles. The quantitative estimate of drug-likeness (QED) is 0.484. The molecule has 0 aliphatic carbocycles. The van der Waals surface area contributed by atoms with Crippen LogP contribution in [0.1, 0.15) is 36.8 Å². The Bertz CT molecular complexity index is 1280. The summed E-state index contributed by atoms with van der Waals surface area (Å²) in [5.74, 6) is -0.485. The highest BCUT2D eigenvalue weighted by molar-refractivity contribution is 7.89. The zero-order valence-electron chi connectivity index (χ0n) is 20.1. The van der Waals surface area contributed by atoms with Gasteiger partial charge in [0.2, 0.25) is 15.9 Å². The van der Waals surface area contributed by atoms with Gasteiger partial charge in [0.25, 0.3) is 0 Å². The first-order chi connectivity index (χ1) is 16.8. The molecule has 35 heavy (non-hydrogen) atoms. The van der Waals surface area contributed by atoms with Crippen LogP contribution in [0.2, 0.25) is 0 Å². The number of carbonyl (C=O) groups is 1. The predicted molar refractivity (Wildman–Crippen MR) is 138 cm³/mol. The second-order valence-corrected chi connectivity index (χ2v) is 12.4. The number of hydrogen-bond donors (Lipinski definition) is 0. The molecule has 2 atom stereocenters. The molecule has 9 heteroatoms. The molecule has 2 aliphatic rings. The van der Waals surface area contributed by atoms with E-state index in [2.05, 4.69) is 19.1 Å². The Labute approximate surface area is 210 Å². The fourth-order valence-electron chi connectivity index (χ4n) is 4.94. The van der Waals surface area contributed by atoms with Crippen molar-refractivity contribution in [3.05, 3.63) is 53.6 Å². The van der Waals surface area contributed by atoms with Gasteiger partial charge in [-0.2, -0.15) is 4.31 Å². The number of benzene rings is 2. The first-order valence-electron chi connectivity index (χ1n) is 12.2. The van der Waals surface area contributed by atoms with Gasteiger partial charge in [0.05, 0.1) is 33.7 Å². The molecule has 0 radical (unpaired) electrons. The summed E-state index contributed by atoms with van der Waals surface area (Å²) in [4.78, 5) is 20.9. The van der Waals surface area contributed by atoms with Crippen molar-refractivity contribution in [2.75, 3.05) is 31.1 Å². The van der Waals surface area contributed by atoms with Crippen LogP contribution in [0, 0.1) is 19.8 Å². The number of fused-ring (bicyclic) bond motifs is 1. The first kappa shape index (κ1) is 24.4. The number of aryl methyl sites for hydroxylation is 2. The van der Waals surface area contributed by atoms with E-state index in [9.17, 15) is 13.2 Å². The highest BCUT2D eigenvalue weighted by Crippen LogP contribution is 2.35. The van der Waals surface area contributed by atoms with Crippen LogP contribution in [0.4, 0.5) is 5.13 Å². The number of nitrogens with zero attached hydrogens (tertiary/aromatic N) is 3. The maximum absolute atomic E-state index is 14.0. The molecule has 186 valence electrons. The largest absolute Gasteiger partial charge is 0.376 e. The van der Waals surface area contributed by atoms with Crippen molar-refractivity contribution in [3.8, 4) is 0 Å². The van der Waals surface area contributed by atoms with Gasteiger partial charge in [0.15, 0.2) is 5.13 Å². The molecule has 2 unspecified atom stereocenters. The SMILES string of the molecule is Cc1ccc(C)c2sc(N(CC3CCCO3)C(=O)C3CCCN(S(=O)(=O)c4ccccc4)C3)nc12. The number of carbonyl (C=O) groups excluding carboxylic acids is 1. The Hall–Kier alpha value is -2.33. The third-order valence-electron chi connectivity index (χ3n) is 6.95. The van der Waals surface area contributed by atoms with Gasteiger partial charge in [-0.05, 0) is 62.8 Å². The van der Waals surface area contributed by atoms with Crippen molar-refractivity contribution in [3.63, 3.8) is 0 Å². The molecule has 2 aromatic carbocycles. The minimum absolute atomic E-state index is 0.0269. The summed E-state index contributed by atoms with van der Waals surface area (Å²) >= 11 is 1.53.